The van der Waals surface area contributed by atoms with Gasteiger partial charge < -0.3 is 15.0 Å². The normalized spacial score (nSPS) is 10.6. The Bertz CT molecular complexity index is 825. The number of aromatic nitrogens is 1. The number of benzene rings is 2. The van der Waals surface area contributed by atoms with Crippen LogP contribution in [-0.4, -0.2) is 11.5 Å². The Balaban J connectivity index is 1.97. The van der Waals surface area contributed by atoms with E-state index in [1.165, 1.54) is 6.07 Å². The second-order valence-corrected chi connectivity index (χ2v) is 5.03. The third-order valence-corrected chi connectivity index (χ3v) is 3.46. The molecule has 1 heterocycles. The number of H-pyrrole nitrogens is 1. The van der Waals surface area contributed by atoms with Crippen molar-refractivity contribution in [1.82, 2.24) is 4.98 Å². The van der Waals surface area contributed by atoms with Crippen molar-refractivity contribution in [1.29, 1.82) is 0 Å². The van der Waals surface area contributed by atoms with Gasteiger partial charge in [-0.3, -0.25) is 4.79 Å². The summed E-state index contributed by atoms with van der Waals surface area (Å²) < 4.78 is 5.90. The first kappa shape index (κ1) is 14.2. The van der Waals surface area contributed by atoms with E-state index in [1.807, 2.05) is 55.5 Å². The van der Waals surface area contributed by atoms with Gasteiger partial charge in [-0.25, -0.2) is 0 Å². The van der Waals surface area contributed by atoms with Gasteiger partial charge in [-0.1, -0.05) is 30.3 Å². The smallest absolute Gasteiger partial charge is 0.248 e. The average molecular weight is 294 g/mol. The van der Waals surface area contributed by atoms with Crippen molar-refractivity contribution < 1.29 is 4.74 Å². The van der Waals surface area contributed by atoms with Gasteiger partial charge in [-0.2, -0.15) is 0 Å². The first-order valence-electron chi connectivity index (χ1n) is 7.34. The SMILES string of the molecule is CCNc1ccc(OCc2ccccc2)c2[nH]c(=O)ccc12. The number of aromatic amines is 1. The molecule has 0 fully saturated rings. The Morgan fingerprint density at radius 1 is 1.05 bits per heavy atom. The van der Waals surface area contributed by atoms with Crippen LogP contribution in [0.15, 0.2) is 59.4 Å². The van der Waals surface area contributed by atoms with Crippen LogP contribution in [0.5, 0.6) is 5.75 Å². The van der Waals surface area contributed by atoms with E-state index >= 15 is 0 Å². The molecular formula is C18H18N2O2. The first-order valence-corrected chi connectivity index (χ1v) is 7.34. The molecule has 2 aromatic carbocycles. The summed E-state index contributed by atoms with van der Waals surface area (Å²) in [6, 6.07) is 17.2. The molecule has 0 aliphatic heterocycles. The van der Waals surface area contributed by atoms with Crippen molar-refractivity contribution in [3.05, 3.63) is 70.5 Å². The van der Waals surface area contributed by atoms with Crippen LogP contribution in [0.1, 0.15) is 12.5 Å². The summed E-state index contributed by atoms with van der Waals surface area (Å²) in [5.74, 6) is 0.679. The Morgan fingerprint density at radius 3 is 2.64 bits per heavy atom. The van der Waals surface area contributed by atoms with Gasteiger partial charge in [-0.05, 0) is 30.7 Å². The molecule has 0 spiro atoms. The number of anilines is 1. The molecule has 0 radical (unpaired) electrons. The fourth-order valence-electron chi connectivity index (χ4n) is 2.43. The van der Waals surface area contributed by atoms with Gasteiger partial charge in [-0.15, -0.1) is 0 Å². The molecule has 1 aromatic heterocycles. The quantitative estimate of drug-likeness (QED) is 0.756. The molecule has 0 amide bonds. The molecule has 22 heavy (non-hydrogen) atoms. The lowest BCUT2D eigenvalue weighted by atomic mass is 10.1. The Labute approximate surface area is 128 Å². The van der Waals surface area contributed by atoms with Crippen LogP contribution in [-0.2, 0) is 6.61 Å². The molecule has 0 unspecified atom stereocenters. The number of fused-ring (bicyclic) bond motifs is 1. The van der Waals surface area contributed by atoms with E-state index in [4.69, 9.17) is 4.74 Å². The van der Waals surface area contributed by atoms with Crippen LogP contribution in [0, 0.1) is 0 Å². The first-order chi connectivity index (χ1) is 10.8. The standard InChI is InChI=1S/C18H18N2O2/c1-2-19-15-9-10-16(18-14(15)8-11-17(21)20-18)22-12-13-6-4-3-5-7-13/h3-11,19H,2,12H2,1H3,(H,20,21). The van der Waals surface area contributed by atoms with Gasteiger partial charge in [0.25, 0.3) is 0 Å². The van der Waals surface area contributed by atoms with Crippen molar-refractivity contribution in [3.8, 4) is 5.75 Å². The zero-order chi connectivity index (χ0) is 15.4. The number of pyridine rings is 1. The van der Waals surface area contributed by atoms with Crippen LogP contribution in [0.25, 0.3) is 10.9 Å². The molecule has 3 rings (SSSR count). The topological polar surface area (TPSA) is 54.1 Å². The fourth-order valence-corrected chi connectivity index (χ4v) is 2.43. The Kier molecular flexibility index (Phi) is 4.10. The molecular weight excluding hydrogens is 276 g/mol. The van der Waals surface area contributed by atoms with Gasteiger partial charge in [0.2, 0.25) is 5.56 Å². The van der Waals surface area contributed by atoms with E-state index in [1.54, 1.807) is 0 Å². The average Bonchev–Trinajstić information content (AvgIpc) is 2.55. The third kappa shape index (κ3) is 2.96. The minimum atomic E-state index is -0.134. The highest BCUT2D eigenvalue weighted by molar-refractivity contribution is 5.95. The maximum atomic E-state index is 11.6. The maximum absolute atomic E-state index is 11.6. The van der Waals surface area contributed by atoms with E-state index in [9.17, 15) is 4.79 Å². The van der Waals surface area contributed by atoms with Crippen molar-refractivity contribution >= 4 is 16.6 Å². The summed E-state index contributed by atoms with van der Waals surface area (Å²) >= 11 is 0. The monoisotopic (exact) mass is 294 g/mol. The van der Waals surface area contributed by atoms with Gasteiger partial charge in [0, 0.05) is 23.7 Å². The lowest BCUT2D eigenvalue weighted by Crippen LogP contribution is -2.06. The van der Waals surface area contributed by atoms with Gasteiger partial charge in [0.15, 0.2) is 0 Å². The fraction of sp³-hybridized carbons (Fsp3) is 0.167. The van der Waals surface area contributed by atoms with Crippen LogP contribution < -0.4 is 15.6 Å². The zero-order valence-corrected chi connectivity index (χ0v) is 12.4. The zero-order valence-electron chi connectivity index (χ0n) is 12.4. The van der Waals surface area contributed by atoms with Crippen LogP contribution in [0.3, 0.4) is 0 Å². The number of ether oxygens (including phenoxy) is 1. The van der Waals surface area contributed by atoms with Crippen LogP contribution >= 0.6 is 0 Å². The van der Waals surface area contributed by atoms with Crippen molar-refractivity contribution in [2.24, 2.45) is 0 Å². The highest BCUT2D eigenvalue weighted by atomic mass is 16.5. The summed E-state index contributed by atoms with van der Waals surface area (Å²) in [6.07, 6.45) is 0. The van der Waals surface area contributed by atoms with Crippen molar-refractivity contribution in [2.45, 2.75) is 13.5 Å². The van der Waals surface area contributed by atoms with Gasteiger partial charge in [0.05, 0.1) is 5.52 Å². The summed E-state index contributed by atoms with van der Waals surface area (Å²) in [5.41, 5.74) is 2.66. The van der Waals surface area contributed by atoms with E-state index in [0.29, 0.717) is 12.4 Å². The highest BCUT2D eigenvalue weighted by Crippen LogP contribution is 2.29. The lowest BCUT2D eigenvalue weighted by molar-refractivity contribution is 0.309. The van der Waals surface area contributed by atoms with Gasteiger partial charge in [0.1, 0.15) is 12.4 Å². The molecule has 2 N–H and O–H groups in total. The summed E-state index contributed by atoms with van der Waals surface area (Å²) in [5, 5.41) is 4.24. The van der Waals surface area contributed by atoms with Crippen LogP contribution in [0.2, 0.25) is 0 Å². The van der Waals surface area contributed by atoms with E-state index in [-0.39, 0.29) is 5.56 Å². The Hall–Kier alpha value is -2.75. The molecule has 0 saturated carbocycles. The second-order valence-electron chi connectivity index (χ2n) is 5.03. The predicted molar refractivity (Wildman–Crippen MR) is 89.5 cm³/mol. The molecule has 0 aliphatic carbocycles. The van der Waals surface area contributed by atoms with Crippen molar-refractivity contribution in [2.75, 3.05) is 11.9 Å². The number of nitrogens with one attached hydrogen (secondary N) is 2. The third-order valence-electron chi connectivity index (χ3n) is 3.46. The second kappa shape index (κ2) is 6.35. The number of rotatable bonds is 5. The minimum Gasteiger partial charge on any atom is -0.487 e. The molecule has 3 aromatic rings. The molecule has 4 nitrogen and oxygen atoms in total. The van der Waals surface area contributed by atoms with Crippen molar-refractivity contribution in [3.63, 3.8) is 0 Å². The predicted octanol–water partition coefficient (Wildman–Crippen LogP) is 3.54. The van der Waals surface area contributed by atoms with E-state index in [0.717, 1.165) is 28.7 Å². The molecule has 0 atom stereocenters. The molecule has 4 heteroatoms. The van der Waals surface area contributed by atoms with E-state index < -0.39 is 0 Å². The number of hydrogen-bond donors (Lipinski definition) is 2. The molecule has 0 saturated heterocycles. The lowest BCUT2D eigenvalue weighted by Gasteiger charge is -2.13. The molecule has 0 bridgehead atoms. The van der Waals surface area contributed by atoms with Gasteiger partial charge >= 0.3 is 0 Å². The maximum Gasteiger partial charge on any atom is 0.248 e. The minimum absolute atomic E-state index is 0.134. The summed E-state index contributed by atoms with van der Waals surface area (Å²) in [6.45, 7) is 3.32. The molecule has 0 aliphatic rings. The highest BCUT2D eigenvalue weighted by Gasteiger charge is 2.08. The summed E-state index contributed by atoms with van der Waals surface area (Å²) in [7, 11) is 0. The Morgan fingerprint density at radius 2 is 1.86 bits per heavy atom. The largest absolute Gasteiger partial charge is 0.487 e. The molecule has 112 valence electrons. The van der Waals surface area contributed by atoms with E-state index in [2.05, 4.69) is 10.3 Å². The summed E-state index contributed by atoms with van der Waals surface area (Å²) in [4.78, 5) is 14.5. The van der Waals surface area contributed by atoms with Crippen LogP contribution in [0.4, 0.5) is 5.69 Å². The number of hydrogen-bond acceptors (Lipinski definition) is 3.